The van der Waals surface area contributed by atoms with Crippen LogP contribution in [0.5, 0.6) is 0 Å². The van der Waals surface area contributed by atoms with Crippen molar-refractivity contribution in [2.45, 2.75) is 45.2 Å². The van der Waals surface area contributed by atoms with Crippen LogP contribution in [0.4, 0.5) is 5.69 Å². The molecule has 2 fully saturated rings. The largest absolute Gasteiger partial charge is 0.374 e. The minimum Gasteiger partial charge on any atom is -0.374 e. The van der Waals surface area contributed by atoms with E-state index < -0.39 is 0 Å². The van der Waals surface area contributed by atoms with Crippen LogP contribution < -0.4 is 10.2 Å². The third-order valence-corrected chi connectivity index (χ3v) is 7.45. The van der Waals surface area contributed by atoms with Crippen molar-refractivity contribution in [1.29, 1.82) is 0 Å². The Labute approximate surface area is 179 Å². The fourth-order valence-corrected chi connectivity index (χ4v) is 5.44. The maximum Gasteiger partial charge on any atom is 0.223 e. The van der Waals surface area contributed by atoms with Crippen molar-refractivity contribution in [3.63, 3.8) is 0 Å². The highest BCUT2D eigenvalue weighted by molar-refractivity contribution is 5.82. The molecule has 2 aliphatic heterocycles. The minimum atomic E-state index is 0.204. The second kappa shape index (κ2) is 8.03. The Balaban J connectivity index is 1.12. The standard InChI is InChI=1S/C25H32N4O/c1-28-11-3-5-21-14-19(6-7-23(21)28)18-29-12-8-25(9-13-29)15-22(25)24(30)27-17-20-4-2-10-26-16-20/h2,4,6-7,10,14,16,22H,3,5,8-9,11-13,15,17-18H2,1H3,(H,27,30). The first kappa shape index (κ1) is 19.6. The van der Waals surface area contributed by atoms with Gasteiger partial charge in [0.25, 0.3) is 0 Å². The monoisotopic (exact) mass is 404 g/mol. The van der Waals surface area contributed by atoms with Gasteiger partial charge in [-0.15, -0.1) is 0 Å². The van der Waals surface area contributed by atoms with Crippen LogP contribution >= 0.6 is 0 Å². The van der Waals surface area contributed by atoms with Crippen LogP contribution in [-0.2, 0) is 24.3 Å². The van der Waals surface area contributed by atoms with Gasteiger partial charge in [0.05, 0.1) is 0 Å². The van der Waals surface area contributed by atoms with E-state index in [2.05, 4.69) is 45.3 Å². The zero-order valence-electron chi connectivity index (χ0n) is 17.9. The Morgan fingerprint density at radius 3 is 2.87 bits per heavy atom. The van der Waals surface area contributed by atoms with Crippen molar-refractivity contribution in [2.75, 3.05) is 31.6 Å². The summed E-state index contributed by atoms with van der Waals surface area (Å²) in [7, 11) is 2.20. The summed E-state index contributed by atoms with van der Waals surface area (Å²) in [5, 5.41) is 3.12. The number of carbonyl (C=O) groups excluding carboxylic acids is 1. The van der Waals surface area contributed by atoms with Crippen molar-refractivity contribution >= 4 is 11.6 Å². The lowest BCUT2D eigenvalue weighted by Crippen LogP contribution is -2.36. The highest BCUT2D eigenvalue weighted by Crippen LogP contribution is 2.59. The van der Waals surface area contributed by atoms with Gasteiger partial charge in [0.2, 0.25) is 5.91 Å². The van der Waals surface area contributed by atoms with Crippen molar-refractivity contribution in [1.82, 2.24) is 15.2 Å². The molecule has 158 valence electrons. The van der Waals surface area contributed by atoms with Crippen LogP contribution in [0.2, 0.25) is 0 Å². The van der Waals surface area contributed by atoms with E-state index in [0.29, 0.717) is 6.54 Å². The molecule has 1 amide bonds. The Hall–Kier alpha value is -2.40. The normalized spacial score (nSPS) is 22.6. The summed E-state index contributed by atoms with van der Waals surface area (Å²) in [6.45, 7) is 4.98. The summed E-state index contributed by atoms with van der Waals surface area (Å²) < 4.78 is 0. The SMILES string of the molecule is CN1CCCc2cc(CN3CCC4(CC3)CC4C(=O)NCc3cccnc3)ccc21. The number of benzene rings is 1. The number of hydrogen-bond donors (Lipinski definition) is 1. The number of anilines is 1. The van der Waals surface area contributed by atoms with E-state index in [-0.39, 0.29) is 17.2 Å². The van der Waals surface area contributed by atoms with E-state index in [1.807, 2.05) is 18.3 Å². The van der Waals surface area contributed by atoms with Gasteiger partial charge in [0.15, 0.2) is 0 Å². The first-order valence-electron chi connectivity index (χ1n) is 11.3. The fourth-order valence-electron chi connectivity index (χ4n) is 5.44. The van der Waals surface area contributed by atoms with Crippen LogP contribution in [0.25, 0.3) is 0 Å². The van der Waals surface area contributed by atoms with E-state index in [4.69, 9.17) is 0 Å². The van der Waals surface area contributed by atoms with Gasteiger partial charge < -0.3 is 10.2 Å². The van der Waals surface area contributed by atoms with Gasteiger partial charge in [-0.2, -0.15) is 0 Å². The third kappa shape index (κ3) is 3.95. The Bertz CT molecular complexity index is 905. The number of amides is 1. The molecule has 1 saturated heterocycles. The van der Waals surface area contributed by atoms with Gasteiger partial charge in [-0.05, 0) is 79.4 Å². The summed E-state index contributed by atoms with van der Waals surface area (Å²) in [5.41, 5.74) is 5.66. The summed E-state index contributed by atoms with van der Waals surface area (Å²) >= 11 is 0. The van der Waals surface area contributed by atoms with E-state index in [0.717, 1.165) is 51.0 Å². The molecule has 30 heavy (non-hydrogen) atoms. The van der Waals surface area contributed by atoms with Gasteiger partial charge in [-0.25, -0.2) is 0 Å². The van der Waals surface area contributed by atoms with E-state index in [9.17, 15) is 4.79 Å². The molecular formula is C25H32N4O. The second-order valence-corrected chi connectivity index (χ2v) is 9.46. The first-order chi connectivity index (χ1) is 14.6. The van der Waals surface area contributed by atoms with E-state index >= 15 is 0 Å². The zero-order valence-corrected chi connectivity index (χ0v) is 17.9. The number of aromatic nitrogens is 1. The van der Waals surface area contributed by atoms with Gasteiger partial charge in [0, 0.05) is 50.7 Å². The highest BCUT2D eigenvalue weighted by atomic mass is 16.2. The molecule has 1 spiro atoms. The molecule has 5 rings (SSSR count). The summed E-state index contributed by atoms with van der Waals surface area (Å²) in [6.07, 6.45) is 9.38. The number of hydrogen-bond acceptors (Lipinski definition) is 4. The zero-order chi connectivity index (χ0) is 20.6. The molecular weight excluding hydrogens is 372 g/mol. The van der Waals surface area contributed by atoms with Crippen LogP contribution in [0.3, 0.4) is 0 Å². The van der Waals surface area contributed by atoms with Crippen molar-refractivity contribution in [3.05, 3.63) is 59.4 Å². The number of nitrogens with zero attached hydrogens (tertiary/aromatic N) is 3. The second-order valence-electron chi connectivity index (χ2n) is 9.46. The van der Waals surface area contributed by atoms with Crippen LogP contribution in [0.15, 0.2) is 42.7 Å². The van der Waals surface area contributed by atoms with E-state index in [1.165, 1.54) is 29.7 Å². The fraction of sp³-hybridized carbons (Fsp3) is 0.520. The molecule has 1 saturated carbocycles. The molecule has 0 radical (unpaired) electrons. The lowest BCUT2D eigenvalue weighted by atomic mass is 9.90. The molecule has 1 unspecified atom stereocenters. The lowest BCUT2D eigenvalue weighted by molar-refractivity contribution is -0.123. The smallest absolute Gasteiger partial charge is 0.223 e. The first-order valence-corrected chi connectivity index (χ1v) is 11.3. The highest BCUT2D eigenvalue weighted by Gasteiger charge is 2.58. The summed E-state index contributed by atoms with van der Waals surface area (Å²) in [4.78, 5) is 21.7. The van der Waals surface area contributed by atoms with Gasteiger partial charge in [-0.3, -0.25) is 14.7 Å². The quantitative estimate of drug-likeness (QED) is 0.830. The molecule has 5 heteroatoms. The lowest BCUT2D eigenvalue weighted by Gasteiger charge is -2.33. The molecule has 0 bridgehead atoms. The van der Waals surface area contributed by atoms with Crippen molar-refractivity contribution in [3.8, 4) is 0 Å². The molecule has 1 aliphatic carbocycles. The number of nitrogens with one attached hydrogen (secondary N) is 1. The van der Waals surface area contributed by atoms with Crippen molar-refractivity contribution in [2.24, 2.45) is 11.3 Å². The average Bonchev–Trinajstić information content (AvgIpc) is 3.48. The number of aryl methyl sites for hydroxylation is 1. The topological polar surface area (TPSA) is 48.5 Å². The molecule has 5 nitrogen and oxygen atoms in total. The molecule has 1 atom stereocenters. The van der Waals surface area contributed by atoms with Gasteiger partial charge in [-0.1, -0.05) is 18.2 Å². The molecule has 2 aromatic rings. The van der Waals surface area contributed by atoms with Crippen LogP contribution in [0.1, 0.15) is 42.4 Å². The predicted octanol–water partition coefficient (Wildman–Crippen LogP) is 3.38. The number of carbonyl (C=O) groups is 1. The number of fused-ring (bicyclic) bond motifs is 1. The number of rotatable bonds is 5. The minimum absolute atomic E-state index is 0.204. The Morgan fingerprint density at radius 1 is 1.20 bits per heavy atom. The van der Waals surface area contributed by atoms with Crippen LogP contribution in [-0.4, -0.2) is 42.5 Å². The van der Waals surface area contributed by atoms with Crippen LogP contribution in [0, 0.1) is 11.3 Å². The third-order valence-electron chi connectivity index (χ3n) is 7.45. The van der Waals surface area contributed by atoms with Gasteiger partial charge >= 0.3 is 0 Å². The molecule has 3 heterocycles. The molecule has 1 aromatic heterocycles. The molecule has 1 aromatic carbocycles. The van der Waals surface area contributed by atoms with Gasteiger partial charge in [0.1, 0.15) is 0 Å². The number of piperidine rings is 1. The average molecular weight is 405 g/mol. The summed E-state index contributed by atoms with van der Waals surface area (Å²) in [6, 6.07) is 10.9. The predicted molar refractivity (Wildman–Crippen MR) is 119 cm³/mol. The Morgan fingerprint density at radius 2 is 2.07 bits per heavy atom. The van der Waals surface area contributed by atoms with Crippen molar-refractivity contribution < 1.29 is 4.79 Å². The number of likely N-dealkylation sites (tertiary alicyclic amines) is 1. The summed E-state index contributed by atoms with van der Waals surface area (Å²) in [5.74, 6) is 0.432. The number of pyridine rings is 1. The molecule has 1 N–H and O–H groups in total. The Kier molecular flexibility index (Phi) is 5.23. The maximum absolute atomic E-state index is 12.6. The van der Waals surface area contributed by atoms with E-state index in [1.54, 1.807) is 6.20 Å². The maximum atomic E-state index is 12.6. The molecule has 3 aliphatic rings.